The van der Waals surface area contributed by atoms with Crippen LogP contribution in [0.1, 0.15) is 6.42 Å². The van der Waals surface area contributed by atoms with E-state index < -0.39 is 53.2 Å². The quantitative estimate of drug-likeness (QED) is 0.639. The largest absolute Gasteiger partial charge is 0.481 e. The van der Waals surface area contributed by atoms with Crippen LogP contribution in [0.15, 0.2) is 24.3 Å². The van der Waals surface area contributed by atoms with E-state index in [0.717, 1.165) is 6.07 Å². The molecule has 0 heterocycles. The summed E-state index contributed by atoms with van der Waals surface area (Å²) in [5.41, 5.74) is 4.26. The highest BCUT2D eigenvalue weighted by atomic mass is 19.1. The van der Waals surface area contributed by atoms with E-state index in [9.17, 15) is 23.9 Å². The molecule has 2 saturated carbocycles. The van der Waals surface area contributed by atoms with Gasteiger partial charge in [0.15, 0.2) is 0 Å². The second-order valence-electron chi connectivity index (χ2n) is 6.10. The summed E-state index contributed by atoms with van der Waals surface area (Å²) in [5.74, 6) is -5.40. The Bertz CT molecular complexity index is 726. The van der Waals surface area contributed by atoms with E-state index in [2.05, 4.69) is 5.32 Å². The zero-order chi connectivity index (χ0) is 17.6. The number of carbonyl (C=O) groups excluding carboxylic acids is 1. The molecule has 0 bridgehead atoms. The molecule has 9 heteroatoms. The third-order valence-corrected chi connectivity index (χ3v) is 4.65. The van der Waals surface area contributed by atoms with Crippen LogP contribution in [0.2, 0.25) is 0 Å². The summed E-state index contributed by atoms with van der Waals surface area (Å²) in [6, 6.07) is 5.13. The van der Waals surface area contributed by atoms with Crippen molar-refractivity contribution in [3.8, 4) is 0 Å². The highest BCUT2D eigenvalue weighted by Gasteiger charge is 2.75. The Morgan fingerprint density at radius 3 is 2.62 bits per heavy atom. The molecule has 128 valence electrons. The maximum atomic E-state index is 13.1. The molecule has 0 aromatic heterocycles. The minimum Gasteiger partial charge on any atom is -0.481 e. The van der Waals surface area contributed by atoms with Gasteiger partial charge in [0.05, 0.1) is 5.92 Å². The van der Waals surface area contributed by atoms with Gasteiger partial charge >= 0.3 is 18.0 Å². The van der Waals surface area contributed by atoms with Gasteiger partial charge in [0.2, 0.25) is 0 Å². The van der Waals surface area contributed by atoms with E-state index in [-0.39, 0.29) is 12.1 Å². The number of carboxylic acid groups (broad SMARTS) is 2. The van der Waals surface area contributed by atoms with Crippen LogP contribution in [0, 0.1) is 23.6 Å². The van der Waals surface area contributed by atoms with Gasteiger partial charge in [0, 0.05) is 23.9 Å². The van der Waals surface area contributed by atoms with E-state index in [1.165, 1.54) is 18.2 Å². The first-order valence-electron chi connectivity index (χ1n) is 7.22. The van der Waals surface area contributed by atoms with Gasteiger partial charge < -0.3 is 20.7 Å². The molecule has 8 nitrogen and oxygen atoms in total. The van der Waals surface area contributed by atoms with Crippen LogP contribution < -0.4 is 11.1 Å². The lowest BCUT2D eigenvalue weighted by atomic mass is 9.91. The van der Waals surface area contributed by atoms with E-state index in [1.54, 1.807) is 0 Å². The summed E-state index contributed by atoms with van der Waals surface area (Å²) in [6.45, 7) is 0. The molecule has 0 aliphatic heterocycles. The first-order chi connectivity index (χ1) is 11.2. The zero-order valence-electron chi connectivity index (χ0n) is 12.3. The fourth-order valence-electron chi connectivity index (χ4n) is 3.59. The second kappa shape index (κ2) is 5.45. The van der Waals surface area contributed by atoms with Gasteiger partial charge in [-0.15, -0.1) is 0 Å². The predicted molar refractivity (Wildman–Crippen MR) is 77.6 cm³/mol. The number of nitrogens with one attached hydrogen (secondary N) is 1. The molecule has 3 rings (SSSR count). The normalized spacial score (nSPS) is 33.4. The number of hydrogen-bond acceptors (Lipinski definition) is 5. The fourth-order valence-corrected chi connectivity index (χ4v) is 3.59. The number of carboxylic acids is 2. The van der Waals surface area contributed by atoms with E-state index in [4.69, 9.17) is 15.6 Å². The molecule has 24 heavy (non-hydrogen) atoms. The molecular formula is C15H15FN2O6. The number of anilines is 1. The number of benzene rings is 1. The van der Waals surface area contributed by atoms with Gasteiger partial charge in [-0.05, 0) is 18.2 Å². The summed E-state index contributed by atoms with van der Waals surface area (Å²) in [5, 5.41) is 20.7. The molecule has 2 fully saturated rings. The highest BCUT2D eigenvalue weighted by Crippen LogP contribution is 2.62. The Morgan fingerprint density at radius 2 is 2.04 bits per heavy atom. The number of hydrogen-bond donors (Lipinski definition) is 4. The minimum atomic E-state index is -1.74. The molecule has 0 radical (unpaired) electrons. The zero-order valence-corrected chi connectivity index (χ0v) is 12.3. The predicted octanol–water partition coefficient (Wildman–Crippen LogP) is 0.875. The first kappa shape index (κ1) is 16.2. The van der Waals surface area contributed by atoms with Gasteiger partial charge in [-0.2, -0.15) is 0 Å². The van der Waals surface area contributed by atoms with Crippen molar-refractivity contribution < 1.29 is 33.7 Å². The minimum absolute atomic E-state index is 0.164. The molecular weight excluding hydrogens is 323 g/mol. The fraction of sp³-hybridized carbons (Fsp3) is 0.400. The second-order valence-corrected chi connectivity index (χ2v) is 6.10. The third-order valence-electron chi connectivity index (χ3n) is 4.65. The van der Waals surface area contributed by atoms with Crippen LogP contribution >= 0.6 is 0 Å². The molecule has 5 N–H and O–H groups in total. The summed E-state index contributed by atoms with van der Waals surface area (Å²) < 4.78 is 18.2. The number of carbonyl (C=O) groups is 3. The number of amides is 1. The van der Waals surface area contributed by atoms with Crippen molar-refractivity contribution in [3.63, 3.8) is 0 Å². The Morgan fingerprint density at radius 1 is 1.33 bits per heavy atom. The van der Waals surface area contributed by atoms with E-state index in [0.29, 0.717) is 0 Å². The van der Waals surface area contributed by atoms with Crippen LogP contribution in [0.4, 0.5) is 14.9 Å². The van der Waals surface area contributed by atoms with Gasteiger partial charge in [-0.3, -0.25) is 14.9 Å². The van der Waals surface area contributed by atoms with Crippen molar-refractivity contribution in [1.82, 2.24) is 0 Å². The molecule has 5 atom stereocenters. The van der Waals surface area contributed by atoms with Crippen molar-refractivity contribution in [1.29, 1.82) is 0 Å². The van der Waals surface area contributed by atoms with Gasteiger partial charge in [0.25, 0.3) is 0 Å². The number of halogens is 1. The van der Waals surface area contributed by atoms with Crippen molar-refractivity contribution >= 4 is 23.7 Å². The smallest absolute Gasteiger partial charge is 0.411 e. The molecule has 1 aromatic rings. The van der Waals surface area contributed by atoms with Gasteiger partial charge in [-0.25, -0.2) is 9.18 Å². The van der Waals surface area contributed by atoms with Crippen LogP contribution in [0.3, 0.4) is 0 Å². The molecule has 2 aliphatic carbocycles. The van der Waals surface area contributed by atoms with Crippen LogP contribution in [-0.2, 0) is 14.3 Å². The Labute approximate surface area is 135 Å². The maximum absolute atomic E-state index is 13.1. The third kappa shape index (κ3) is 2.56. The van der Waals surface area contributed by atoms with Crippen molar-refractivity contribution in [2.45, 2.75) is 18.1 Å². The number of fused-ring (bicyclic) bond motifs is 1. The van der Waals surface area contributed by atoms with Crippen LogP contribution in [0.25, 0.3) is 0 Å². The molecule has 1 aromatic carbocycles. The van der Waals surface area contributed by atoms with Crippen LogP contribution in [-0.4, -0.2) is 39.9 Å². The molecule has 1 amide bonds. The van der Waals surface area contributed by atoms with Gasteiger partial charge in [-0.1, -0.05) is 6.07 Å². The topological polar surface area (TPSA) is 139 Å². The van der Waals surface area contributed by atoms with Gasteiger partial charge in [0.1, 0.15) is 17.5 Å². The first-order valence-corrected chi connectivity index (χ1v) is 7.22. The monoisotopic (exact) mass is 338 g/mol. The Kier molecular flexibility index (Phi) is 3.67. The lowest BCUT2D eigenvalue weighted by Gasteiger charge is -2.24. The summed E-state index contributed by atoms with van der Waals surface area (Å²) in [4.78, 5) is 34.5. The average Bonchev–Trinajstić information content (AvgIpc) is 3.16. The molecule has 0 saturated heterocycles. The standard InChI is InChI=1S/C15H15FN2O6/c16-6-2-1-3-7(4-6)18-14(23)24-8-5-15(17,13(21)22)11-9(8)10(11)12(19)20/h1-4,8-11H,5,17H2,(H,18,23)(H,19,20)(H,21,22)/t8-,9-,10-,11-,15-/m0/s1. The lowest BCUT2D eigenvalue weighted by Crippen LogP contribution is -2.51. The number of rotatable bonds is 4. The van der Waals surface area contributed by atoms with Crippen molar-refractivity contribution in [3.05, 3.63) is 30.1 Å². The summed E-state index contributed by atoms with van der Waals surface area (Å²) in [7, 11) is 0. The maximum Gasteiger partial charge on any atom is 0.411 e. The molecule has 2 aliphatic rings. The van der Waals surface area contributed by atoms with Crippen LogP contribution in [0.5, 0.6) is 0 Å². The lowest BCUT2D eigenvalue weighted by molar-refractivity contribution is -0.146. The average molecular weight is 338 g/mol. The summed E-state index contributed by atoms with van der Waals surface area (Å²) in [6.07, 6.45) is -2.02. The highest BCUT2D eigenvalue weighted by molar-refractivity contribution is 5.87. The van der Waals surface area contributed by atoms with Crippen molar-refractivity contribution in [2.24, 2.45) is 23.5 Å². The SMILES string of the molecule is N[C@@]1(C(=O)O)C[C@H](OC(=O)Nc2cccc(F)c2)[C@H]2[C@H](C(=O)O)[C@H]21. The Balaban J connectivity index is 1.70. The molecule has 0 spiro atoms. The number of nitrogens with two attached hydrogens (primary N) is 1. The van der Waals surface area contributed by atoms with E-state index >= 15 is 0 Å². The molecule has 0 unspecified atom stereocenters. The number of aliphatic carboxylic acids is 2. The summed E-state index contributed by atoms with van der Waals surface area (Å²) >= 11 is 0. The van der Waals surface area contributed by atoms with E-state index in [1.807, 2.05) is 0 Å². The Hall–Kier alpha value is -2.68. The van der Waals surface area contributed by atoms with Crippen molar-refractivity contribution in [2.75, 3.05) is 5.32 Å². The number of ether oxygens (including phenoxy) is 1.